The lowest BCUT2D eigenvalue weighted by Crippen LogP contribution is -2.37. The number of carbonyl (C=O) groups is 1. The summed E-state index contributed by atoms with van der Waals surface area (Å²) in [5, 5.41) is 3.69. The van der Waals surface area contributed by atoms with Crippen LogP contribution in [0, 0.1) is 6.92 Å². The van der Waals surface area contributed by atoms with Crippen LogP contribution in [0.1, 0.15) is 35.3 Å². The van der Waals surface area contributed by atoms with Crippen LogP contribution in [-0.4, -0.2) is 12.5 Å². The summed E-state index contributed by atoms with van der Waals surface area (Å²) in [4.78, 5) is 12.4. The number of halogens is 1. The third kappa shape index (κ3) is 3.60. The first-order chi connectivity index (χ1) is 10.3. The van der Waals surface area contributed by atoms with E-state index in [-0.39, 0.29) is 11.3 Å². The zero-order valence-corrected chi connectivity index (χ0v) is 13.9. The molecule has 2 rings (SSSR count). The Balaban J connectivity index is 2.13. The second-order valence-corrected chi connectivity index (χ2v) is 6.53. The first kappa shape index (κ1) is 16.4. The third-order valence-electron chi connectivity index (χ3n) is 3.80. The molecule has 0 saturated carbocycles. The Labute approximate surface area is 136 Å². The van der Waals surface area contributed by atoms with Crippen molar-refractivity contribution in [1.29, 1.82) is 0 Å². The van der Waals surface area contributed by atoms with Crippen LogP contribution in [0.25, 0.3) is 0 Å². The number of anilines is 1. The van der Waals surface area contributed by atoms with Crippen molar-refractivity contribution < 1.29 is 4.79 Å². The van der Waals surface area contributed by atoms with Gasteiger partial charge in [-0.05, 0) is 36.2 Å². The summed E-state index contributed by atoms with van der Waals surface area (Å²) in [6.45, 7) is 6.50. The average Bonchev–Trinajstić information content (AvgIpc) is 2.47. The fraction of sp³-hybridized carbons (Fsp3) is 0.278. The zero-order chi connectivity index (χ0) is 16.3. The van der Waals surface area contributed by atoms with Crippen molar-refractivity contribution in [3.63, 3.8) is 0 Å². The lowest BCUT2D eigenvalue weighted by atomic mass is 9.84. The van der Waals surface area contributed by atoms with E-state index < -0.39 is 0 Å². The van der Waals surface area contributed by atoms with Crippen LogP contribution in [0.2, 0.25) is 5.02 Å². The summed E-state index contributed by atoms with van der Waals surface area (Å²) < 4.78 is 0. The molecular formula is C18H21ClN2O. The zero-order valence-electron chi connectivity index (χ0n) is 13.1. The Morgan fingerprint density at radius 2 is 1.91 bits per heavy atom. The van der Waals surface area contributed by atoms with E-state index in [0.29, 0.717) is 22.8 Å². The fourth-order valence-corrected chi connectivity index (χ4v) is 2.78. The highest BCUT2D eigenvalue weighted by Crippen LogP contribution is 2.29. The van der Waals surface area contributed by atoms with Gasteiger partial charge in [0, 0.05) is 28.2 Å². The average molecular weight is 317 g/mol. The third-order valence-corrected chi connectivity index (χ3v) is 4.13. The van der Waals surface area contributed by atoms with Gasteiger partial charge in [-0.25, -0.2) is 0 Å². The molecule has 0 aromatic heterocycles. The molecule has 3 nitrogen and oxygen atoms in total. The van der Waals surface area contributed by atoms with Gasteiger partial charge in [-0.2, -0.15) is 0 Å². The molecule has 0 aliphatic rings. The van der Waals surface area contributed by atoms with Crippen LogP contribution in [0.4, 0.5) is 5.69 Å². The minimum atomic E-state index is -0.262. The van der Waals surface area contributed by atoms with Crippen molar-refractivity contribution >= 4 is 23.2 Å². The number of rotatable bonds is 4. The number of nitrogens with one attached hydrogen (secondary N) is 1. The highest BCUT2D eigenvalue weighted by Gasteiger charge is 2.24. The molecule has 0 unspecified atom stereocenters. The Bertz CT molecular complexity index is 695. The lowest BCUT2D eigenvalue weighted by Gasteiger charge is -2.27. The number of carbonyl (C=O) groups excluding carboxylic acids is 1. The van der Waals surface area contributed by atoms with E-state index in [4.69, 9.17) is 17.3 Å². The monoisotopic (exact) mass is 316 g/mol. The van der Waals surface area contributed by atoms with E-state index in [2.05, 4.69) is 19.2 Å². The van der Waals surface area contributed by atoms with Gasteiger partial charge in [0.2, 0.25) is 0 Å². The SMILES string of the molecule is Cc1ccc(N)cc1C(=O)NCC(C)(C)c1ccccc1Cl. The van der Waals surface area contributed by atoms with Crippen molar-refractivity contribution in [2.24, 2.45) is 0 Å². The van der Waals surface area contributed by atoms with Crippen LogP contribution >= 0.6 is 11.6 Å². The van der Waals surface area contributed by atoms with Crippen molar-refractivity contribution in [3.8, 4) is 0 Å². The van der Waals surface area contributed by atoms with Gasteiger partial charge in [0.15, 0.2) is 0 Å². The van der Waals surface area contributed by atoms with Gasteiger partial charge in [0.25, 0.3) is 5.91 Å². The van der Waals surface area contributed by atoms with Crippen LogP contribution in [0.15, 0.2) is 42.5 Å². The molecule has 0 aliphatic heterocycles. The summed E-state index contributed by atoms with van der Waals surface area (Å²) in [6, 6.07) is 13.0. The van der Waals surface area contributed by atoms with Crippen LogP contribution in [-0.2, 0) is 5.41 Å². The maximum Gasteiger partial charge on any atom is 0.251 e. The molecule has 116 valence electrons. The summed E-state index contributed by atoms with van der Waals surface area (Å²) in [5.41, 5.74) is 8.61. The Kier molecular flexibility index (Phi) is 4.77. The first-order valence-corrected chi connectivity index (χ1v) is 7.58. The Morgan fingerprint density at radius 1 is 1.23 bits per heavy atom. The number of nitrogens with two attached hydrogens (primary N) is 1. The minimum absolute atomic E-state index is 0.120. The molecule has 2 aromatic rings. The first-order valence-electron chi connectivity index (χ1n) is 7.20. The fourth-order valence-electron chi connectivity index (χ4n) is 2.39. The summed E-state index contributed by atoms with van der Waals surface area (Å²) in [6.07, 6.45) is 0. The van der Waals surface area contributed by atoms with Gasteiger partial charge in [-0.1, -0.05) is 49.7 Å². The predicted octanol–water partition coefficient (Wildman–Crippen LogP) is 3.94. The summed E-state index contributed by atoms with van der Waals surface area (Å²) in [5.74, 6) is -0.120. The number of benzene rings is 2. The number of amides is 1. The topological polar surface area (TPSA) is 55.1 Å². The molecule has 3 N–H and O–H groups in total. The van der Waals surface area contributed by atoms with Gasteiger partial charge in [0.05, 0.1) is 0 Å². The highest BCUT2D eigenvalue weighted by atomic mass is 35.5. The van der Waals surface area contributed by atoms with Crippen LogP contribution in [0.5, 0.6) is 0 Å². The van der Waals surface area contributed by atoms with Gasteiger partial charge in [-0.3, -0.25) is 4.79 Å². The molecule has 0 bridgehead atoms. The van der Waals surface area contributed by atoms with Gasteiger partial charge in [0.1, 0.15) is 0 Å². The van der Waals surface area contributed by atoms with E-state index in [9.17, 15) is 4.79 Å². The lowest BCUT2D eigenvalue weighted by molar-refractivity contribution is 0.0945. The predicted molar refractivity (Wildman–Crippen MR) is 92.4 cm³/mol. The van der Waals surface area contributed by atoms with Crippen molar-refractivity contribution in [2.75, 3.05) is 12.3 Å². The van der Waals surface area contributed by atoms with Gasteiger partial charge < -0.3 is 11.1 Å². The molecule has 4 heteroatoms. The van der Waals surface area contributed by atoms with E-state index in [1.54, 1.807) is 12.1 Å². The molecule has 0 heterocycles. The second-order valence-electron chi connectivity index (χ2n) is 6.12. The molecule has 0 atom stereocenters. The quantitative estimate of drug-likeness (QED) is 0.839. The van der Waals surface area contributed by atoms with Crippen molar-refractivity contribution in [3.05, 3.63) is 64.2 Å². The number of hydrogen-bond donors (Lipinski definition) is 2. The Morgan fingerprint density at radius 3 is 2.59 bits per heavy atom. The van der Waals surface area contributed by atoms with Gasteiger partial charge in [-0.15, -0.1) is 0 Å². The molecule has 0 saturated heterocycles. The molecule has 0 fully saturated rings. The number of nitrogen functional groups attached to an aromatic ring is 1. The Hall–Kier alpha value is -2.00. The summed E-state index contributed by atoms with van der Waals surface area (Å²) in [7, 11) is 0. The maximum atomic E-state index is 12.4. The van der Waals surface area contributed by atoms with Crippen LogP contribution in [0.3, 0.4) is 0 Å². The summed E-state index contributed by atoms with van der Waals surface area (Å²) >= 11 is 6.26. The molecule has 0 radical (unpaired) electrons. The van der Waals surface area contributed by atoms with E-state index in [0.717, 1.165) is 11.1 Å². The second kappa shape index (κ2) is 6.41. The normalized spacial score (nSPS) is 11.3. The molecule has 0 aliphatic carbocycles. The maximum absolute atomic E-state index is 12.4. The van der Waals surface area contributed by atoms with Crippen molar-refractivity contribution in [2.45, 2.75) is 26.2 Å². The highest BCUT2D eigenvalue weighted by molar-refractivity contribution is 6.31. The molecule has 2 aromatic carbocycles. The minimum Gasteiger partial charge on any atom is -0.399 e. The van der Waals surface area contributed by atoms with Crippen molar-refractivity contribution in [1.82, 2.24) is 5.32 Å². The molecule has 0 spiro atoms. The number of aryl methyl sites for hydroxylation is 1. The van der Waals surface area contributed by atoms with E-state index in [1.807, 2.05) is 37.3 Å². The number of hydrogen-bond acceptors (Lipinski definition) is 2. The molecular weight excluding hydrogens is 296 g/mol. The van der Waals surface area contributed by atoms with E-state index in [1.165, 1.54) is 0 Å². The van der Waals surface area contributed by atoms with E-state index >= 15 is 0 Å². The molecule has 1 amide bonds. The standard InChI is InChI=1S/C18H21ClN2O/c1-12-8-9-13(20)10-14(12)17(22)21-11-18(2,3)15-6-4-5-7-16(15)19/h4-10H,11,20H2,1-3H3,(H,21,22). The molecule has 22 heavy (non-hydrogen) atoms. The van der Waals surface area contributed by atoms with Crippen LogP contribution < -0.4 is 11.1 Å². The van der Waals surface area contributed by atoms with Gasteiger partial charge >= 0.3 is 0 Å². The largest absolute Gasteiger partial charge is 0.399 e. The smallest absolute Gasteiger partial charge is 0.251 e.